The van der Waals surface area contributed by atoms with Crippen LogP contribution in [0, 0.1) is 0 Å². The van der Waals surface area contributed by atoms with E-state index < -0.39 is 6.04 Å². The molecular formula is C24H48N4O3. The van der Waals surface area contributed by atoms with Crippen molar-refractivity contribution in [2.45, 2.75) is 123 Å². The third-order valence-corrected chi connectivity index (χ3v) is 5.31. The fraction of sp³-hybridized carbons (Fsp3) is 0.875. The van der Waals surface area contributed by atoms with Crippen molar-refractivity contribution in [1.82, 2.24) is 5.32 Å². The average Bonchev–Trinajstić information content (AvgIpc) is 2.74. The Morgan fingerprint density at radius 2 is 1.35 bits per heavy atom. The molecule has 182 valence electrons. The number of unbranched alkanes of at least 4 members (excludes halogenated alkanes) is 11. The number of hydrogen-bond acceptors (Lipinski definition) is 4. The lowest BCUT2D eigenvalue weighted by molar-refractivity contribution is -0.148. The van der Waals surface area contributed by atoms with E-state index >= 15 is 0 Å². The van der Waals surface area contributed by atoms with Crippen molar-refractivity contribution in [1.29, 1.82) is 0 Å². The Morgan fingerprint density at radius 1 is 0.806 bits per heavy atom. The highest BCUT2D eigenvalue weighted by Crippen LogP contribution is 2.12. The lowest BCUT2D eigenvalue weighted by atomic mass is 10.0. The largest absolute Gasteiger partial charge is 0.464 e. The van der Waals surface area contributed by atoms with Gasteiger partial charge in [0, 0.05) is 13.0 Å². The molecule has 0 rings (SSSR count). The highest BCUT2D eigenvalue weighted by Gasteiger charge is 2.21. The fourth-order valence-electron chi connectivity index (χ4n) is 3.39. The molecule has 0 aromatic carbocycles. The molecule has 0 aliphatic rings. The number of guanidine groups is 1. The summed E-state index contributed by atoms with van der Waals surface area (Å²) in [5.41, 5.74) is 10.7. The molecule has 7 nitrogen and oxygen atoms in total. The van der Waals surface area contributed by atoms with E-state index in [1.807, 2.05) is 6.92 Å². The van der Waals surface area contributed by atoms with Gasteiger partial charge in [-0.05, 0) is 25.7 Å². The van der Waals surface area contributed by atoms with Crippen molar-refractivity contribution in [2.24, 2.45) is 16.5 Å². The summed E-state index contributed by atoms with van der Waals surface area (Å²) in [7, 11) is 0. The number of carbonyl (C=O) groups excluding carboxylic acids is 2. The van der Waals surface area contributed by atoms with Crippen LogP contribution < -0.4 is 16.8 Å². The summed E-state index contributed by atoms with van der Waals surface area (Å²) in [5, 5.41) is 2.84. The highest BCUT2D eigenvalue weighted by molar-refractivity contribution is 5.84. The van der Waals surface area contributed by atoms with Crippen LogP contribution in [0.15, 0.2) is 4.99 Å². The summed E-state index contributed by atoms with van der Waals surface area (Å²) in [5.74, 6) is -0.428. The Hall–Kier alpha value is -1.79. The monoisotopic (exact) mass is 440 g/mol. The molecule has 0 radical (unpaired) electrons. The van der Waals surface area contributed by atoms with Crippen molar-refractivity contribution >= 4 is 17.8 Å². The molecule has 0 heterocycles. The predicted octanol–water partition coefficient (Wildman–Crippen LogP) is 4.57. The van der Waals surface area contributed by atoms with E-state index in [9.17, 15) is 9.59 Å². The van der Waals surface area contributed by atoms with Crippen LogP contribution >= 0.6 is 0 Å². The Morgan fingerprint density at radius 3 is 1.90 bits per heavy atom. The molecule has 0 aliphatic heterocycles. The fourth-order valence-corrected chi connectivity index (χ4v) is 3.39. The zero-order valence-corrected chi connectivity index (χ0v) is 20.1. The van der Waals surface area contributed by atoms with Gasteiger partial charge in [0.05, 0.1) is 6.61 Å². The number of nitrogens with zero attached hydrogens (tertiary/aromatic N) is 1. The maximum absolute atomic E-state index is 12.3. The lowest BCUT2D eigenvalue weighted by Crippen LogP contribution is -2.42. The van der Waals surface area contributed by atoms with Gasteiger partial charge in [0.25, 0.3) is 0 Å². The summed E-state index contributed by atoms with van der Waals surface area (Å²) >= 11 is 0. The van der Waals surface area contributed by atoms with Crippen LogP contribution in [0.4, 0.5) is 0 Å². The third-order valence-electron chi connectivity index (χ3n) is 5.31. The van der Waals surface area contributed by atoms with Crippen molar-refractivity contribution in [3.05, 3.63) is 0 Å². The van der Waals surface area contributed by atoms with Crippen LogP contribution in [0.1, 0.15) is 117 Å². The van der Waals surface area contributed by atoms with E-state index in [0.717, 1.165) is 25.7 Å². The van der Waals surface area contributed by atoms with Gasteiger partial charge in [0.15, 0.2) is 5.96 Å². The molecule has 0 unspecified atom stereocenters. The first-order valence-electron chi connectivity index (χ1n) is 12.5. The minimum Gasteiger partial charge on any atom is -0.464 e. The van der Waals surface area contributed by atoms with Crippen molar-refractivity contribution in [2.75, 3.05) is 13.2 Å². The van der Waals surface area contributed by atoms with Crippen molar-refractivity contribution in [3.8, 4) is 0 Å². The van der Waals surface area contributed by atoms with Crippen LogP contribution in [-0.2, 0) is 14.3 Å². The molecule has 0 fully saturated rings. The number of esters is 1. The first kappa shape index (κ1) is 29.2. The van der Waals surface area contributed by atoms with Gasteiger partial charge >= 0.3 is 5.97 Å². The molecule has 0 aromatic heterocycles. The molecule has 1 amide bonds. The third kappa shape index (κ3) is 19.9. The van der Waals surface area contributed by atoms with E-state index in [0.29, 0.717) is 32.4 Å². The average molecular weight is 441 g/mol. The first-order chi connectivity index (χ1) is 15.0. The standard InChI is InChI=1S/C24H48N4O3/c1-3-5-7-8-9-10-11-12-13-14-15-18-22(29)28-21(17-16-19-27-24(25)26)23(30)31-20-6-4-2/h21H,3-20H2,1-2H3,(H,28,29)(H4,25,26,27)/t21-/m0/s1. The minimum absolute atomic E-state index is 0.0302. The predicted molar refractivity (Wildman–Crippen MR) is 129 cm³/mol. The Bertz CT molecular complexity index is 479. The second-order valence-electron chi connectivity index (χ2n) is 8.38. The van der Waals surface area contributed by atoms with Gasteiger partial charge < -0.3 is 21.5 Å². The normalized spacial score (nSPS) is 11.7. The van der Waals surface area contributed by atoms with E-state index in [-0.39, 0.29) is 17.8 Å². The summed E-state index contributed by atoms with van der Waals surface area (Å²) in [6.45, 7) is 5.09. The lowest BCUT2D eigenvalue weighted by Gasteiger charge is -2.17. The van der Waals surface area contributed by atoms with Crippen LogP contribution in [0.25, 0.3) is 0 Å². The van der Waals surface area contributed by atoms with Crippen molar-refractivity contribution < 1.29 is 14.3 Å². The summed E-state index contributed by atoms with van der Waals surface area (Å²) in [6, 6.07) is -0.633. The molecule has 5 N–H and O–H groups in total. The van der Waals surface area contributed by atoms with Gasteiger partial charge in [-0.25, -0.2) is 4.79 Å². The van der Waals surface area contributed by atoms with Crippen LogP contribution in [0.2, 0.25) is 0 Å². The molecular weight excluding hydrogens is 392 g/mol. The van der Waals surface area contributed by atoms with Gasteiger partial charge in [0.2, 0.25) is 5.91 Å². The van der Waals surface area contributed by atoms with Crippen LogP contribution in [0.3, 0.4) is 0 Å². The Kier molecular flexibility index (Phi) is 20.2. The number of hydrogen-bond donors (Lipinski definition) is 3. The number of rotatable bonds is 21. The highest BCUT2D eigenvalue weighted by atomic mass is 16.5. The second kappa shape index (κ2) is 21.4. The number of aliphatic imine (C=N–C) groups is 1. The van der Waals surface area contributed by atoms with Gasteiger partial charge in [-0.1, -0.05) is 84.5 Å². The Balaban J connectivity index is 4.03. The zero-order valence-electron chi connectivity index (χ0n) is 20.1. The molecule has 7 heteroatoms. The van der Waals surface area contributed by atoms with E-state index in [4.69, 9.17) is 16.2 Å². The maximum atomic E-state index is 12.3. The van der Waals surface area contributed by atoms with Gasteiger partial charge in [-0.15, -0.1) is 0 Å². The van der Waals surface area contributed by atoms with Crippen LogP contribution in [-0.4, -0.2) is 37.0 Å². The molecule has 0 bridgehead atoms. The van der Waals surface area contributed by atoms with Crippen LogP contribution in [0.5, 0.6) is 0 Å². The minimum atomic E-state index is -0.633. The maximum Gasteiger partial charge on any atom is 0.328 e. The van der Waals surface area contributed by atoms with E-state index in [1.54, 1.807) is 0 Å². The number of carbonyl (C=O) groups is 2. The van der Waals surface area contributed by atoms with E-state index in [2.05, 4.69) is 17.2 Å². The summed E-state index contributed by atoms with van der Waals surface area (Å²) < 4.78 is 5.30. The zero-order chi connectivity index (χ0) is 23.2. The second-order valence-corrected chi connectivity index (χ2v) is 8.38. The molecule has 31 heavy (non-hydrogen) atoms. The smallest absolute Gasteiger partial charge is 0.328 e. The Labute approximate surface area is 190 Å². The first-order valence-corrected chi connectivity index (χ1v) is 12.5. The topological polar surface area (TPSA) is 120 Å². The number of nitrogens with two attached hydrogens (primary N) is 2. The number of nitrogens with one attached hydrogen (secondary N) is 1. The number of ether oxygens (including phenoxy) is 1. The van der Waals surface area contributed by atoms with Gasteiger partial charge in [-0.2, -0.15) is 0 Å². The summed E-state index contributed by atoms with van der Waals surface area (Å²) in [6.07, 6.45) is 17.0. The van der Waals surface area contributed by atoms with Gasteiger partial charge in [-0.3, -0.25) is 9.79 Å². The molecule has 1 atom stereocenters. The quantitative estimate of drug-likeness (QED) is 0.104. The molecule has 0 aliphatic carbocycles. The van der Waals surface area contributed by atoms with Crippen molar-refractivity contribution in [3.63, 3.8) is 0 Å². The SMILES string of the molecule is CCCCCCCCCCCCCC(=O)N[C@@H](CCCN=C(N)N)C(=O)OCCCC. The van der Waals surface area contributed by atoms with E-state index in [1.165, 1.54) is 57.8 Å². The molecule has 0 saturated heterocycles. The molecule has 0 spiro atoms. The molecule has 0 saturated carbocycles. The summed E-state index contributed by atoms with van der Waals surface area (Å²) in [4.78, 5) is 28.5. The molecule has 0 aromatic rings. The van der Waals surface area contributed by atoms with Gasteiger partial charge in [0.1, 0.15) is 6.04 Å². The number of amides is 1.